The first-order valence-electron chi connectivity index (χ1n) is 10.1. The van der Waals surface area contributed by atoms with Crippen molar-refractivity contribution in [3.05, 3.63) is 72.9 Å². The molecule has 160 valence electrons. The third kappa shape index (κ3) is 3.84. The second-order valence-corrected chi connectivity index (χ2v) is 7.20. The molecule has 8 heteroatoms. The van der Waals surface area contributed by atoms with Crippen molar-refractivity contribution in [3.63, 3.8) is 0 Å². The Kier molecular flexibility index (Phi) is 5.37. The van der Waals surface area contributed by atoms with Gasteiger partial charge in [0.1, 0.15) is 5.82 Å². The summed E-state index contributed by atoms with van der Waals surface area (Å²) >= 11 is 0. The third-order valence-electron chi connectivity index (χ3n) is 5.18. The lowest BCUT2D eigenvalue weighted by atomic mass is 10.1. The lowest BCUT2D eigenvalue weighted by molar-refractivity contribution is -0.0807. The van der Waals surface area contributed by atoms with Crippen molar-refractivity contribution in [1.29, 1.82) is 0 Å². The molecule has 32 heavy (non-hydrogen) atoms. The Morgan fingerprint density at radius 2 is 1.72 bits per heavy atom. The molecule has 0 aliphatic rings. The number of ether oxygens (including phenoxy) is 2. The molecule has 0 aliphatic carbocycles. The van der Waals surface area contributed by atoms with Gasteiger partial charge in [-0.05, 0) is 42.5 Å². The average molecular weight is 426 g/mol. The minimum absolute atomic E-state index is 0.587. The Morgan fingerprint density at radius 1 is 0.906 bits per heavy atom. The summed E-state index contributed by atoms with van der Waals surface area (Å²) in [7, 11) is 3.16. The van der Waals surface area contributed by atoms with Crippen LogP contribution in [-0.4, -0.2) is 40.8 Å². The summed E-state index contributed by atoms with van der Waals surface area (Å²) in [6.45, 7) is 0. The molecule has 8 nitrogen and oxygen atoms in total. The van der Waals surface area contributed by atoms with Gasteiger partial charge in [-0.15, -0.1) is 0 Å². The first kappa shape index (κ1) is 19.9. The molecule has 5 rings (SSSR count). The van der Waals surface area contributed by atoms with Gasteiger partial charge in [0.05, 0.1) is 17.2 Å². The van der Waals surface area contributed by atoms with E-state index in [1.54, 1.807) is 20.4 Å². The average Bonchev–Trinajstić information content (AvgIpc) is 3.30. The highest BCUT2D eigenvalue weighted by Gasteiger charge is 2.15. The van der Waals surface area contributed by atoms with E-state index in [0.717, 1.165) is 44.6 Å². The minimum atomic E-state index is -0.587. The highest BCUT2D eigenvalue weighted by molar-refractivity contribution is 5.94. The number of fused-ring (bicyclic) bond motifs is 2. The number of rotatable bonds is 7. The first-order valence-corrected chi connectivity index (χ1v) is 10.1. The summed E-state index contributed by atoms with van der Waals surface area (Å²) < 4.78 is 10.6. The maximum Gasteiger partial charge on any atom is 0.237 e. The Hall–Kier alpha value is -4.01. The quantitative estimate of drug-likeness (QED) is 0.318. The van der Waals surface area contributed by atoms with Gasteiger partial charge in [0, 0.05) is 41.9 Å². The van der Waals surface area contributed by atoms with Crippen molar-refractivity contribution in [3.8, 4) is 11.4 Å². The lowest BCUT2D eigenvalue weighted by Gasteiger charge is -2.19. The van der Waals surface area contributed by atoms with E-state index in [1.165, 1.54) is 0 Å². The molecule has 0 unspecified atom stereocenters. The predicted molar refractivity (Wildman–Crippen MR) is 126 cm³/mol. The maximum atomic E-state index is 5.30. The molecule has 0 radical (unpaired) electrons. The van der Waals surface area contributed by atoms with Crippen LogP contribution in [0.4, 0.5) is 17.2 Å². The van der Waals surface area contributed by atoms with Crippen LogP contribution in [0.1, 0.15) is 0 Å². The smallest absolute Gasteiger partial charge is 0.237 e. The second-order valence-electron chi connectivity index (χ2n) is 7.20. The fourth-order valence-electron chi connectivity index (χ4n) is 3.59. The van der Waals surface area contributed by atoms with E-state index in [2.05, 4.69) is 20.8 Å². The summed E-state index contributed by atoms with van der Waals surface area (Å²) in [5, 5.41) is 15.7. The van der Waals surface area contributed by atoms with Crippen molar-refractivity contribution < 1.29 is 9.47 Å². The van der Waals surface area contributed by atoms with Crippen LogP contribution < -0.4 is 10.6 Å². The van der Waals surface area contributed by atoms with Crippen molar-refractivity contribution in [2.24, 2.45) is 0 Å². The standard InChI is InChI=1S/C24H22N6O2/c1-31-24(32-2)28-21-10-6-4-8-18(21)23-27-20-9-5-3-7-17(20)22(29-23)26-16-11-12-19-15(13-16)14-25-30-19/h3-14,24,28H,1-2H3,(H,25,30)(H,26,27,29). The number of anilines is 3. The largest absolute Gasteiger partial charge is 0.340 e. The number of para-hydroxylation sites is 2. The van der Waals surface area contributed by atoms with Gasteiger partial charge in [0.2, 0.25) is 6.41 Å². The molecule has 0 atom stereocenters. The summed E-state index contributed by atoms with van der Waals surface area (Å²) in [4.78, 5) is 9.71. The van der Waals surface area contributed by atoms with E-state index in [0.29, 0.717) is 5.82 Å². The van der Waals surface area contributed by atoms with E-state index in [9.17, 15) is 0 Å². The zero-order chi connectivity index (χ0) is 21.9. The van der Waals surface area contributed by atoms with Crippen LogP contribution in [-0.2, 0) is 9.47 Å². The predicted octanol–water partition coefficient (Wildman–Crippen LogP) is 4.91. The SMILES string of the molecule is COC(Nc1ccccc1-c1nc(Nc2ccc3[nH]ncc3c2)c2ccccc2n1)OC. The molecule has 0 saturated heterocycles. The van der Waals surface area contributed by atoms with Crippen molar-refractivity contribution >= 4 is 39.0 Å². The zero-order valence-electron chi connectivity index (χ0n) is 17.7. The van der Waals surface area contributed by atoms with Gasteiger partial charge < -0.3 is 20.1 Å². The Bertz CT molecular complexity index is 1380. The van der Waals surface area contributed by atoms with E-state index in [-0.39, 0.29) is 0 Å². The molecule has 0 amide bonds. The number of aromatic amines is 1. The number of H-pyrrole nitrogens is 1. The van der Waals surface area contributed by atoms with Gasteiger partial charge >= 0.3 is 0 Å². The maximum absolute atomic E-state index is 5.30. The third-order valence-corrected chi connectivity index (χ3v) is 5.18. The fourth-order valence-corrected chi connectivity index (χ4v) is 3.59. The van der Waals surface area contributed by atoms with Crippen LogP contribution in [0.15, 0.2) is 72.9 Å². The molecule has 0 aliphatic heterocycles. The zero-order valence-corrected chi connectivity index (χ0v) is 17.7. The van der Waals surface area contributed by atoms with Crippen LogP contribution >= 0.6 is 0 Å². The molecule has 3 N–H and O–H groups in total. The summed E-state index contributed by atoms with van der Waals surface area (Å²) in [6.07, 6.45) is 1.21. The highest BCUT2D eigenvalue weighted by Crippen LogP contribution is 2.31. The Labute approximate surface area is 184 Å². The van der Waals surface area contributed by atoms with Gasteiger partial charge in [-0.2, -0.15) is 5.10 Å². The number of hydrogen-bond donors (Lipinski definition) is 3. The molecular formula is C24H22N6O2. The number of benzene rings is 3. The monoisotopic (exact) mass is 426 g/mol. The van der Waals surface area contributed by atoms with Crippen molar-refractivity contribution in [2.45, 2.75) is 6.41 Å². The number of nitrogens with zero attached hydrogens (tertiary/aromatic N) is 3. The number of methoxy groups -OCH3 is 2. The number of aromatic nitrogens is 4. The van der Waals surface area contributed by atoms with Crippen LogP contribution in [0.2, 0.25) is 0 Å². The van der Waals surface area contributed by atoms with Gasteiger partial charge in [-0.25, -0.2) is 9.97 Å². The summed E-state index contributed by atoms with van der Waals surface area (Å²) in [5.41, 5.74) is 4.38. The summed E-state index contributed by atoms with van der Waals surface area (Å²) in [5.74, 6) is 1.31. The lowest BCUT2D eigenvalue weighted by Crippen LogP contribution is -2.23. The Balaban J connectivity index is 1.60. The van der Waals surface area contributed by atoms with Crippen LogP contribution in [0, 0.1) is 0 Å². The van der Waals surface area contributed by atoms with Crippen LogP contribution in [0.25, 0.3) is 33.2 Å². The fraction of sp³-hybridized carbons (Fsp3) is 0.125. The molecule has 3 aromatic carbocycles. The van der Waals surface area contributed by atoms with Crippen molar-refractivity contribution in [2.75, 3.05) is 24.9 Å². The molecule has 5 aromatic rings. The van der Waals surface area contributed by atoms with Gasteiger partial charge in [-0.3, -0.25) is 5.10 Å². The van der Waals surface area contributed by atoms with E-state index >= 15 is 0 Å². The number of nitrogens with one attached hydrogen (secondary N) is 3. The molecule has 2 aromatic heterocycles. The molecule has 0 fully saturated rings. The van der Waals surface area contributed by atoms with Crippen molar-refractivity contribution in [1.82, 2.24) is 20.2 Å². The van der Waals surface area contributed by atoms with E-state index < -0.39 is 6.41 Å². The normalized spacial score (nSPS) is 11.3. The first-order chi connectivity index (χ1) is 15.7. The van der Waals surface area contributed by atoms with E-state index in [4.69, 9.17) is 19.4 Å². The molecule has 0 bridgehead atoms. The Morgan fingerprint density at radius 3 is 2.59 bits per heavy atom. The summed E-state index contributed by atoms with van der Waals surface area (Å²) in [6, 6.07) is 21.8. The molecule has 2 heterocycles. The van der Waals surface area contributed by atoms with Gasteiger partial charge in [0.15, 0.2) is 5.82 Å². The second kappa shape index (κ2) is 8.62. The highest BCUT2D eigenvalue weighted by atomic mass is 16.7. The minimum Gasteiger partial charge on any atom is -0.340 e. The van der Waals surface area contributed by atoms with E-state index in [1.807, 2.05) is 66.7 Å². The molecular weight excluding hydrogens is 404 g/mol. The van der Waals surface area contributed by atoms with Gasteiger partial charge in [-0.1, -0.05) is 24.3 Å². The van der Waals surface area contributed by atoms with Crippen LogP contribution in [0.3, 0.4) is 0 Å². The van der Waals surface area contributed by atoms with Crippen LogP contribution in [0.5, 0.6) is 0 Å². The number of hydrogen-bond acceptors (Lipinski definition) is 7. The van der Waals surface area contributed by atoms with Gasteiger partial charge in [0.25, 0.3) is 0 Å². The topological polar surface area (TPSA) is 97.0 Å². The molecule has 0 spiro atoms. The molecule has 0 saturated carbocycles.